The molecule has 0 saturated carbocycles. The van der Waals surface area contributed by atoms with Gasteiger partial charge in [0.1, 0.15) is 11.9 Å². The second kappa shape index (κ2) is 12.8. The summed E-state index contributed by atoms with van der Waals surface area (Å²) in [5.74, 6) is 0.747. The molecule has 272 valence electrons. The first-order valence-electron chi connectivity index (χ1n) is 19.2. The summed E-state index contributed by atoms with van der Waals surface area (Å²) in [4.78, 5) is 0. The molecule has 0 radical (unpaired) electrons. The molecule has 1 nitrogen and oxygen atoms in total. The Morgan fingerprint density at radius 2 is 0.877 bits per heavy atom. The average Bonchev–Trinajstić information content (AvgIpc) is 3.64. The van der Waals surface area contributed by atoms with E-state index < -0.39 is 11.7 Å². The third-order valence-electron chi connectivity index (χ3n) is 11.9. The van der Waals surface area contributed by atoms with Crippen LogP contribution in [0, 0.1) is 0 Å². The number of ether oxygens (including phenoxy) is 1. The van der Waals surface area contributed by atoms with Gasteiger partial charge in [-0.15, -0.1) is 0 Å². The van der Waals surface area contributed by atoms with Crippen molar-refractivity contribution in [2.75, 3.05) is 0 Å². The molecular formula is C53H33F3O. The first-order chi connectivity index (χ1) is 28.0. The Hall–Kier alpha value is -6.91. The number of rotatable bonds is 4. The predicted molar refractivity (Wildman–Crippen MR) is 228 cm³/mol. The minimum absolute atomic E-state index is 0.109. The van der Waals surface area contributed by atoms with Gasteiger partial charge in [-0.1, -0.05) is 164 Å². The Balaban J connectivity index is 1.17. The van der Waals surface area contributed by atoms with Crippen molar-refractivity contribution in [2.45, 2.75) is 18.2 Å². The fourth-order valence-electron chi connectivity index (χ4n) is 9.57. The summed E-state index contributed by atoms with van der Waals surface area (Å²) < 4.78 is 47.8. The number of allylic oxidation sites excluding steroid dienone is 2. The molecule has 4 heteroatoms. The molecule has 11 rings (SSSR count). The van der Waals surface area contributed by atoms with E-state index in [0.717, 1.165) is 55.1 Å². The van der Waals surface area contributed by atoms with Crippen LogP contribution in [0.25, 0.3) is 82.0 Å². The topological polar surface area (TPSA) is 9.23 Å². The van der Waals surface area contributed by atoms with Crippen LogP contribution in [0.3, 0.4) is 0 Å². The Morgan fingerprint density at radius 1 is 0.421 bits per heavy atom. The van der Waals surface area contributed by atoms with Crippen molar-refractivity contribution in [1.29, 1.82) is 0 Å². The lowest BCUT2D eigenvalue weighted by molar-refractivity contribution is -0.137. The van der Waals surface area contributed by atoms with Gasteiger partial charge in [-0.25, -0.2) is 0 Å². The lowest BCUT2D eigenvalue weighted by Crippen LogP contribution is -2.20. The van der Waals surface area contributed by atoms with Crippen LogP contribution in [0.1, 0.15) is 22.6 Å². The zero-order valence-corrected chi connectivity index (χ0v) is 30.6. The molecule has 0 aromatic heterocycles. The Bertz CT molecular complexity index is 3020. The van der Waals surface area contributed by atoms with Crippen LogP contribution >= 0.6 is 0 Å². The number of hydrogen-bond acceptors (Lipinski definition) is 1. The van der Waals surface area contributed by atoms with Gasteiger partial charge in [-0.2, -0.15) is 13.2 Å². The van der Waals surface area contributed by atoms with Crippen LogP contribution in [0.15, 0.2) is 188 Å². The number of benzene rings is 9. The van der Waals surface area contributed by atoms with Gasteiger partial charge in [0.05, 0.1) is 11.5 Å². The van der Waals surface area contributed by atoms with Crippen molar-refractivity contribution in [2.24, 2.45) is 0 Å². The number of alkyl halides is 3. The van der Waals surface area contributed by atoms with E-state index in [2.05, 4.69) is 140 Å². The van der Waals surface area contributed by atoms with Crippen molar-refractivity contribution in [3.63, 3.8) is 0 Å². The lowest BCUT2D eigenvalue weighted by Gasteiger charge is -2.27. The highest BCUT2D eigenvalue weighted by Gasteiger charge is 2.41. The van der Waals surface area contributed by atoms with Crippen molar-refractivity contribution in [1.82, 2.24) is 0 Å². The monoisotopic (exact) mass is 742 g/mol. The van der Waals surface area contributed by atoms with E-state index in [4.69, 9.17) is 4.74 Å². The third kappa shape index (κ3) is 5.17. The SMILES string of the molecule is FC(F)(F)c1ccc(-c2c3ccccc3c(-c3cccc4c3C3C(c5c6ccccc6c(-c6ccccc6)c6ccccc56)=CC=CC3O4)c3ccccc23)cc1. The van der Waals surface area contributed by atoms with E-state index in [-0.39, 0.29) is 12.0 Å². The quantitative estimate of drug-likeness (QED) is 0.163. The molecule has 2 aliphatic rings. The van der Waals surface area contributed by atoms with Gasteiger partial charge in [-0.3, -0.25) is 0 Å². The van der Waals surface area contributed by atoms with Gasteiger partial charge in [0.2, 0.25) is 0 Å². The minimum atomic E-state index is -4.41. The molecule has 1 heterocycles. The zero-order chi connectivity index (χ0) is 38.3. The fraction of sp³-hybridized carbons (Fsp3) is 0.0566. The molecule has 0 spiro atoms. The van der Waals surface area contributed by atoms with E-state index in [1.807, 2.05) is 24.3 Å². The van der Waals surface area contributed by atoms with Crippen LogP contribution in [0.5, 0.6) is 5.75 Å². The van der Waals surface area contributed by atoms with Crippen molar-refractivity contribution >= 4 is 48.7 Å². The Kier molecular flexibility index (Phi) is 7.52. The van der Waals surface area contributed by atoms with E-state index in [1.54, 1.807) is 12.1 Å². The summed E-state index contributed by atoms with van der Waals surface area (Å²) in [5, 5.41) is 8.81. The van der Waals surface area contributed by atoms with Crippen molar-refractivity contribution < 1.29 is 17.9 Å². The maximum Gasteiger partial charge on any atom is 0.416 e. The molecule has 1 aliphatic carbocycles. The number of hydrogen-bond donors (Lipinski definition) is 0. The first kappa shape index (κ1) is 33.4. The first-order valence-corrected chi connectivity index (χ1v) is 19.2. The van der Waals surface area contributed by atoms with Crippen LogP contribution in [-0.2, 0) is 6.18 Å². The highest BCUT2D eigenvalue weighted by molar-refractivity contribution is 6.23. The van der Waals surface area contributed by atoms with Gasteiger partial charge in [0.25, 0.3) is 0 Å². The second-order valence-corrected chi connectivity index (χ2v) is 14.9. The molecule has 2 unspecified atom stereocenters. The molecule has 0 fully saturated rings. The molecule has 9 aromatic rings. The minimum Gasteiger partial charge on any atom is -0.485 e. The molecule has 57 heavy (non-hydrogen) atoms. The number of halogens is 3. The summed E-state index contributed by atoms with van der Waals surface area (Å²) in [6.07, 6.45) is 1.96. The van der Waals surface area contributed by atoms with Gasteiger partial charge in [0, 0.05) is 5.56 Å². The summed E-state index contributed by atoms with van der Waals surface area (Å²) in [6, 6.07) is 56.6. The maximum atomic E-state index is 13.7. The molecule has 0 N–H and O–H groups in total. The highest BCUT2D eigenvalue weighted by Crippen LogP contribution is 2.56. The zero-order valence-electron chi connectivity index (χ0n) is 30.6. The predicted octanol–water partition coefficient (Wildman–Crippen LogP) is 14.8. The molecule has 2 atom stereocenters. The molecule has 0 bridgehead atoms. The van der Waals surface area contributed by atoms with Gasteiger partial charge >= 0.3 is 6.18 Å². The van der Waals surface area contributed by atoms with Crippen LogP contribution in [-0.4, -0.2) is 6.10 Å². The summed E-state index contributed by atoms with van der Waals surface area (Å²) in [5.41, 5.74) is 9.12. The molecule has 1 aliphatic heterocycles. The van der Waals surface area contributed by atoms with E-state index >= 15 is 0 Å². The molecule has 9 aromatic carbocycles. The average molecular weight is 743 g/mol. The van der Waals surface area contributed by atoms with E-state index in [1.165, 1.54) is 55.9 Å². The Morgan fingerprint density at radius 3 is 1.39 bits per heavy atom. The molecular weight excluding hydrogens is 710 g/mol. The largest absolute Gasteiger partial charge is 0.485 e. The fourth-order valence-corrected chi connectivity index (χ4v) is 9.57. The smallest absolute Gasteiger partial charge is 0.416 e. The summed E-state index contributed by atoms with van der Waals surface area (Å²) in [6.45, 7) is 0. The Labute approximate surface area is 327 Å². The third-order valence-corrected chi connectivity index (χ3v) is 11.9. The van der Waals surface area contributed by atoms with Crippen LogP contribution in [0.4, 0.5) is 13.2 Å². The summed E-state index contributed by atoms with van der Waals surface area (Å²) >= 11 is 0. The number of fused-ring (bicyclic) bond motifs is 7. The van der Waals surface area contributed by atoms with Crippen LogP contribution < -0.4 is 4.74 Å². The van der Waals surface area contributed by atoms with Gasteiger partial charge in [-0.05, 0) is 112 Å². The van der Waals surface area contributed by atoms with E-state index in [9.17, 15) is 13.2 Å². The van der Waals surface area contributed by atoms with Gasteiger partial charge in [0.15, 0.2) is 0 Å². The molecule has 0 amide bonds. The maximum absolute atomic E-state index is 13.7. The van der Waals surface area contributed by atoms with E-state index in [0.29, 0.717) is 0 Å². The molecule has 0 saturated heterocycles. The second-order valence-electron chi connectivity index (χ2n) is 14.9. The van der Waals surface area contributed by atoms with Crippen molar-refractivity contribution in [3.8, 4) is 39.1 Å². The normalized spacial score (nSPS) is 16.2. The van der Waals surface area contributed by atoms with Crippen molar-refractivity contribution in [3.05, 3.63) is 205 Å². The highest BCUT2D eigenvalue weighted by atomic mass is 19.4. The summed E-state index contributed by atoms with van der Waals surface area (Å²) in [7, 11) is 0. The van der Waals surface area contributed by atoms with Crippen LogP contribution in [0.2, 0.25) is 0 Å². The standard InChI is InChI=1S/C53H33F3O/c54-53(55,56)34-30-28-33(29-31-34)48-37-18-6-10-22-41(37)50(42-23-11-7-19-38(42)48)44-25-13-27-46-52(44)51-43(24-12-26-45(51)57-46)49-39-20-8-4-16-35(39)47(32-14-2-1-3-15-32)36-17-5-9-21-40(36)49/h1-31,45,51H. The lowest BCUT2D eigenvalue weighted by atomic mass is 9.74. The van der Waals surface area contributed by atoms with Gasteiger partial charge < -0.3 is 4.74 Å².